The highest BCUT2D eigenvalue weighted by molar-refractivity contribution is 6.40. The maximum absolute atomic E-state index is 6.54. The fourth-order valence-electron chi connectivity index (χ4n) is 4.64. The molecule has 0 aliphatic rings. The number of pyridine rings is 1. The zero-order chi connectivity index (χ0) is 23.0. The standard InChI is InChI=1S/C28H25B2NO2/c1-27(2,3)28(29,30)16-13-14-31-22(15-16)21-9-6-8-18-20-12-11-19-17-7-4-5-10-23(17)32-25(19)26(20)33-24(18)21/h4-15H,29-30H2,1-3H3. The summed E-state index contributed by atoms with van der Waals surface area (Å²) in [6.07, 6.45) is 1.91. The Balaban J connectivity index is 1.61. The van der Waals surface area contributed by atoms with Crippen molar-refractivity contribution in [3.8, 4) is 11.3 Å². The van der Waals surface area contributed by atoms with Crippen molar-refractivity contribution in [1.29, 1.82) is 0 Å². The van der Waals surface area contributed by atoms with Gasteiger partial charge in [0.1, 0.15) is 26.9 Å². The summed E-state index contributed by atoms with van der Waals surface area (Å²) in [4.78, 5) is 4.74. The summed E-state index contributed by atoms with van der Waals surface area (Å²) in [6.45, 7) is 6.85. The van der Waals surface area contributed by atoms with Gasteiger partial charge < -0.3 is 8.83 Å². The van der Waals surface area contributed by atoms with Crippen LogP contribution >= 0.6 is 0 Å². The van der Waals surface area contributed by atoms with E-state index in [2.05, 4.69) is 85.0 Å². The smallest absolute Gasteiger partial charge is 0.178 e. The van der Waals surface area contributed by atoms with Crippen molar-refractivity contribution in [2.75, 3.05) is 0 Å². The summed E-state index contributed by atoms with van der Waals surface area (Å²) in [6, 6.07) is 23.0. The SMILES string of the molecule is BC(B)(c1ccnc(-c2cccc3c2oc2c3ccc3c4ccccc4oc32)c1)C(C)(C)C. The maximum atomic E-state index is 6.54. The molecule has 33 heavy (non-hydrogen) atoms. The van der Waals surface area contributed by atoms with E-state index < -0.39 is 0 Å². The molecule has 0 aliphatic carbocycles. The number of nitrogens with zero attached hydrogens (tertiary/aromatic N) is 1. The lowest BCUT2D eigenvalue weighted by Gasteiger charge is -2.40. The Hall–Kier alpha value is -3.46. The minimum Gasteiger partial charge on any atom is -0.452 e. The molecule has 0 N–H and O–H groups in total. The van der Waals surface area contributed by atoms with Crippen LogP contribution in [0.15, 0.2) is 81.8 Å². The number of hydrogen-bond donors (Lipinski definition) is 0. The third kappa shape index (κ3) is 2.88. The number of rotatable bonds is 2. The summed E-state index contributed by atoms with van der Waals surface area (Å²) >= 11 is 0. The normalized spacial score (nSPS) is 12.9. The fourth-order valence-corrected chi connectivity index (χ4v) is 4.64. The number of benzene rings is 3. The van der Waals surface area contributed by atoms with Crippen molar-refractivity contribution in [3.05, 3.63) is 78.5 Å². The van der Waals surface area contributed by atoms with E-state index in [1.165, 1.54) is 5.56 Å². The van der Waals surface area contributed by atoms with Crippen LogP contribution in [0.25, 0.3) is 55.1 Å². The van der Waals surface area contributed by atoms with Gasteiger partial charge in [-0.25, -0.2) is 0 Å². The zero-order valence-corrected chi connectivity index (χ0v) is 19.7. The molecular weight excluding hydrogens is 404 g/mol. The second-order valence-corrected chi connectivity index (χ2v) is 10.5. The lowest BCUT2D eigenvalue weighted by molar-refractivity contribution is 0.358. The van der Waals surface area contributed by atoms with Crippen LogP contribution in [0.1, 0.15) is 26.3 Å². The van der Waals surface area contributed by atoms with Gasteiger partial charge in [0.15, 0.2) is 11.2 Å². The largest absolute Gasteiger partial charge is 0.452 e. The second-order valence-electron chi connectivity index (χ2n) is 10.5. The summed E-state index contributed by atoms with van der Waals surface area (Å²) in [5, 5.41) is 4.31. The minimum atomic E-state index is -0.00704. The van der Waals surface area contributed by atoms with E-state index in [-0.39, 0.29) is 10.6 Å². The van der Waals surface area contributed by atoms with E-state index in [1.54, 1.807) is 0 Å². The van der Waals surface area contributed by atoms with Gasteiger partial charge in [0.25, 0.3) is 0 Å². The van der Waals surface area contributed by atoms with Crippen molar-refractivity contribution in [2.45, 2.75) is 26.0 Å². The summed E-state index contributed by atoms with van der Waals surface area (Å²) < 4.78 is 12.8. The Kier molecular flexibility index (Phi) is 4.14. The van der Waals surface area contributed by atoms with Crippen molar-refractivity contribution in [3.63, 3.8) is 0 Å². The summed E-state index contributed by atoms with van der Waals surface area (Å²) in [5.74, 6) is 0. The Morgan fingerprint density at radius 2 is 1.36 bits per heavy atom. The predicted molar refractivity (Wildman–Crippen MR) is 142 cm³/mol. The van der Waals surface area contributed by atoms with E-state index in [0.29, 0.717) is 0 Å². The summed E-state index contributed by atoms with van der Waals surface area (Å²) in [7, 11) is 4.60. The molecule has 0 saturated heterocycles. The van der Waals surface area contributed by atoms with Crippen LogP contribution in [0.5, 0.6) is 0 Å². The van der Waals surface area contributed by atoms with Gasteiger partial charge in [-0.05, 0) is 41.8 Å². The van der Waals surface area contributed by atoms with Gasteiger partial charge in [-0.3, -0.25) is 4.98 Å². The average molecular weight is 429 g/mol. The van der Waals surface area contributed by atoms with Crippen LogP contribution in [0.3, 0.4) is 0 Å². The molecule has 5 heteroatoms. The molecule has 160 valence electrons. The number of para-hydroxylation sites is 2. The number of fused-ring (bicyclic) bond motifs is 7. The van der Waals surface area contributed by atoms with E-state index in [1.807, 2.05) is 24.4 Å². The van der Waals surface area contributed by atoms with Crippen LogP contribution in [0.4, 0.5) is 0 Å². The highest BCUT2D eigenvalue weighted by Crippen LogP contribution is 2.42. The fraction of sp³-hybridized carbons (Fsp3) is 0.179. The molecule has 6 aromatic rings. The van der Waals surface area contributed by atoms with Crippen molar-refractivity contribution >= 4 is 59.6 Å². The predicted octanol–water partition coefficient (Wildman–Crippen LogP) is 6.01. The molecule has 0 bridgehead atoms. The lowest BCUT2D eigenvalue weighted by Crippen LogP contribution is -2.41. The molecule has 6 rings (SSSR count). The molecule has 0 saturated carbocycles. The van der Waals surface area contributed by atoms with Gasteiger partial charge in [-0.1, -0.05) is 61.9 Å². The first kappa shape index (κ1) is 20.2. The quantitative estimate of drug-likeness (QED) is 0.317. The van der Waals surface area contributed by atoms with E-state index >= 15 is 0 Å². The number of furan rings is 2. The first-order valence-electron chi connectivity index (χ1n) is 11.5. The molecule has 3 nitrogen and oxygen atoms in total. The summed E-state index contributed by atoms with van der Waals surface area (Å²) in [5.41, 5.74) is 6.62. The van der Waals surface area contributed by atoms with Crippen LogP contribution < -0.4 is 0 Å². The molecule has 0 radical (unpaired) electrons. The topological polar surface area (TPSA) is 39.2 Å². The van der Waals surface area contributed by atoms with Crippen LogP contribution in [0, 0.1) is 5.41 Å². The lowest BCUT2D eigenvalue weighted by atomic mass is 9.41. The van der Waals surface area contributed by atoms with Crippen molar-refractivity contribution in [2.24, 2.45) is 5.41 Å². The average Bonchev–Trinajstić information content (AvgIpc) is 3.36. The van der Waals surface area contributed by atoms with Gasteiger partial charge in [0.2, 0.25) is 0 Å². The van der Waals surface area contributed by atoms with Crippen molar-refractivity contribution in [1.82, 2.24) is 4.98 Å². The Bertz CT molecular complexity index is 1690. The van der Waals surface area contributed by atoms with Gasteiger partial charge in [-0.2, -0.15) is 0 Å². The van der Waals surface area contributed by atoms with E-state index in [9.17, 15) is 0 Å². The molecule has 3 aromatic heterocycles. The van der Waals surface area contributed by atoms with Crippen LogP contribution in [-0.2, 0) is 5.21 Å². The first-order valence-corrected chi connectivity index (χ1v) is 11.5. The minimum absolute atomic E-state index is 0.00704. The van der Waals surface area contributed by atoms with Gasteiger partial charge in [-0.15, -0.1) is 0 Å². The van der Waals surface area contributed by atoms with E-state index in [4.69, 9.17) is 13.8 Å². The Labute approximate surface area is 194 Å². The zero-order valence-electron chi connectivity index (χ0n) is 19.7. The molecule has 0 aliphatic heterocycles. The Morgan fingerprint density at radius 3 is 2.15 bits per heavy atom. The first-order chi connectivity index (χ1) is 15.8. The number of hydrogen-bond acceptors (Lipinski definition) is 3. The van der Waals surface area contributed by atoms with Gasteiger partial charge in [0, 0.05) is 33.3 Å². The molecule has 0 spiro atoms. The molecule has 0 atom stereocenters. The maximum Gasteiger partial charge on any atom is 0.178 e. The molecule has 0 fully saturated rings. The number of aromatic nitrogens is 1. The Morgan fingerprint density at radius 1 is 0.697 bits per heavy atom. The van der Waals surface area contributed by atoms with Crippen LogP contribution in [-0.4, -0.2) is 20.7 Å². The highest BCUT2D eigenvalue weighted by Gasteiger charge is 2.34. The molecule has 3 heterocycles. The molecule has 3 aromatic carbocycles. The van der Waals surface area contributed by atoms with Crippen LogP contribution in [0.2, 0.25) is 0 Å². The van der Waals surface area contributed by atoms with Gasteiger partial charge in [0.05, 0.1) is 5.69 Å². The third-order valence-electron chi connectivity index (χ3n) is 7.64. The van der Waals surface area contributed by atoms with Gasteiger partial charge >= 0.3 is 0 Å². The highest BCUT2D eigenvalue weighted by atomic mass is 16.4. The molecular formula is C28H25B2NO2. The third-order valence-corrected chi connectivity index (χ3v) is 7.64. The van der Waals surface area contributed by atoms with Crippen molar-refractivity contribution < 1.29 is 8.83 Å². The monoisotopic (exact) mass is 429 g/mol. The molecule has 0 unspecified atom stereocenters. The van der Waals surface area contributed by atoms with E-state index in [0.717, 1.165) is 55.1 Å². The second kappa shape index (κ2) is 6.77. The molecule has 0 amide bonds.